The summed E-state index contributed by atoms with van der Waals surface area (Å²) < 4.78 is 6.64. The summed E-state index contributed by atoms with van der Waals surface area (Å²) in [6.45, 7) is 11.5. The number of carbonyl (C=O) groups excluding carboxylic acids is 1. The molecule has 0 unspecified atom stereocenters. The fourth-order valence-corrected chi connectivity index (χ4v) is 4.86. The monoisotopic (exact) mass is 438 g/mol. The first-order valence-corrected chi connectivity index (χ1v) is 11.4. The Morgan fingerprint density at radius 3 is 2.35 bits per heavy atom. The summed E-state index contributed by atoms with van der Waals surface area (Å²) >= 11 is 1.69. The van der Waals surface area contributed by atoms with E-state index in [1.807, 2.05) is 23.1 Å². The third-order valence-electron chi connectivity index (χ3n) is 5.75. The van der Waals surface area contributed by atoms with E-state index in [1.165, 1.54) is 11.1 Å². The lowest BCUT2D eigenvalue weighted by Gasteiger charge is -2.34. The first kappa shape index (κ1) is 21.4. The second-order valence-corrected chi connectivity index (χ2v) is 9.97. The SMILES string of the molecule is COc1ccc(C)c2sc(N3CCN(C(=O)Nc4ccc(C(C)(C)C)cc4)CC3)nc12. The number of amides is 2. The van der Waals surface area contributed by atoms with Gasteiger partial charge in [-0.05, 0) is 41.7 Å². The number of fused-ring (bicyclic) bond motifs is 1. The maximum atomic E-state index is 12.7. The molecule has 2 heterocycles. The molecule has 1 saturated heterocycles. The molecule has 0 saturated carbocycles. The van der Waals surface area contributed by atoms with Crippen molar-refractivity contribution < 1.29 is 9.53 Å². The number of thiazole rings is 1. The molecule has 4 rings (SSSR count). The largest absolute Gasteiger partial charge is 0.494 e. The molecular formula is C24H30N4O2S. The topological polar surface area (TPSA) is 57.7 Å². The molecule has 2 amide bonds. The Balaban J connectivity index is 1.39. The zero-order valence-corrected chi connectivity index (χ0v) is 19.7. The van der Waals surface area contributed by atoms with E-state index < -0.39 is 0 Å². The lowest BCUT2D eigenvalue weighted by atomic mass is 9.87. The van der Waals surface area contributed by atoms with Crippen molar-refractivity contribution in [3.8, 4) is 5.75 Å². The number of aryl methyl sites for hydroxylation is 1. The number of urea groups is 1. The molecule has 0 atom stereocenters. The molecule has 1 aliphatic heterocycles. The summed E-state index contributed by atoms with van der Waals surface area (Å²) in [6.07, 6.45) is 0. The highest BCUT2D eigenvalue weighted by Gasteiger charge is 2.24. The van der Waals surface area contributed by atoms with Crippen molar-refractivity contribution in [1.29, 1.82) is 0 Å². The Kier molecular flexibility index (Phi) is 5.79. The number of nitrogens with one attached hydrogen (secondary N) is 1. The summed E-state index contributed by atoms with van der Waals surface area (Å²) in [5.41, 5.74) is 4.30. The standard InChI is InChI=1S/C24H30N4O2S/c1-16-6-11-19(30-5)20-21(16)31-23(26-20)28-14-12-27(13-15-28)22(29)25-18-9-7-17(8-10-18)24(2,3)4/h6-11H,12-15H2,1-5H3,(H,25,29). The molecule has 1 aromatic heterocycles. The summed E-state index contributed by atoms with van der Waals surface area (Å²) in [5.74, 6) is 0.804. The first-order chi connectivity index (χ1) is 14.8. The molecule has 0 spiro atoms. The van der Waals surface area contributed by atoms with Crippen molar-refractivity contribution in [2.45, 2.75) is 33.1 Å². The Labute approximate surface area is 187 Å². The van der Waals surface area contributed by atoms with Crippen LogP contribution in [0.2, 0.25) is 0 Å². The lowest BCUT2D eigenvalue weighted by Crippen LogP contribution is -2.50. The van der Waals surface area contributed by atoms with Crippen LogP contribution in [0.5, 0.6) is 5.75 Å². The predicted octanol–water partition coefficient (Wildman–Crippen LogP) is 5.26. The van der Waals surface area contributed by atoms with Crippen molar-refractivity contribution in [1.82, 2.24) is 9.88 Å². The van der Waals surface area contributed by atoms with Gasteiger partial charge in [-0.15, -0.1) is 0 Å². The number of anilines is 2. The molecule has 3 aromatic rings. The Bertz CT molecular complexity index is 1080. The van der Waals surface area contributed by atoms with Crippen LogP contribution in [0.15, 0.2) is 36.4 Å². The minimum Gasteiger partial charge on any atom is -0.494 e. The molecule has 31 heavy (non-hydrogen) atoms. The van der Waals surface area contributed by atoms with Crippen LogP contribution in [0.25, 0.3) is 10.2 Å². The van der Waals surface area contributed by atoms with Gasteiger partial charge < -0.3 is 19.9 Å². The van der Waals surface area contributed by atoms with Crippen molar-refractivity contribution >= 4 is 38.4 Å². The zero-order chi connectivity index (χ0) is 22.2. The molecule has 2 aromatic carbocycles. The van der Waals surface area contributed by atoms with Crippen molar-refractivity contribution in [3.05, 3.63) is 47.5 Å². The van der Waals surface area contributed by atoms with Gasteiger partial charge in [-0.3, -0.25) is 0 Å². The van der Waals surface area contributed by atoms with Crippen LogP contribution in [-0.2, 0) is 5.41 Å². The Morgan fingerprint density at radius 2 is 1.74 bits per heavy atom. The highest BCUT2D eigenvalue weighted by Crippen LogP contribution is 2.36. The number of rotatable bonds is 3. The van der Waals surface area contributed by atoms with Crippen LogP contribution >= 0.6 is 11.3 Å². The van der Waals surface area contributed by atoms with Crippen LogP contribution < -0.4 is 15.0 Å². The number of carbonyl (C=O) groups is 1. The quantitative estimate of drug-likeness (QED) is 0.606. The maximum Gasteiger partial charge on any atom is 0.321 e. The molecule has 0 bridgehead atoms. The molecular weight excluding hydrogens is 408 g/mol. The van der Waals surface area contributed by atoms with Gasteiger partial charge >= 0.3 is 6.03 Å². The zero-order valence-electron chi connectivity index (χ0n) is 18.9. The Morgan fingerprint density at radius 1 is 1.06 bits per heavy atom. The van der Waals surface area contributed by atoms with Crippen LogP contribution in [0.1, 0.15) is 31.9 Å². The maximum absolute atomic E-state index is 12.7. The van der Waals surface area contributed by atoms with Gasteiger partial charge in [-0.25, -0.2) is 9.78 Å². The average Bonchev–Trinajstić information content (AvgIpc) is 3.20. The fraction of sp³-hybridized carbons (Fsp3) is 0.417. The number of nitrogens with zero attached hydrogens (tertiary/aromatic N) is 3. The van der Waals surface area contributed by atoms with E-state index in [2.05, 4.69) is 56.1 Å². The van der Waals surface area contributed by atoms with Gasteiger partial charge in [-0.2, -0.15) is 0 Å². The van der Waals surface area contributed by atoms with Gasteiger partial charge in [0, 0.05) is 31.9 Å². The summed E-state index contributed by atoms with van der Waals surface area (Å²) in [5, 5.41) is 4.01. The number of methoxy groups -OCH3 is 1. The molecule has 1 N–H and O–H groups in total. The van der Waals surface area contributed by atoms with Crippen LogP contribution in [-0.4, -0.2) is 49.2 Å². The number of hydrogen-bond acceptors (Lipinski definition) is 5. The van der Waals surface area contributed by atoms with Crippen molar-refractivity contribution in [2.75, 3.05) is 43.5 Å². The highest BCUT2D eigenvalue weighted by atomic mass is 32.1. The smallest absolute Gasteiger partial charge is 0.321 e. The third kappa shape index (κ3) is 4.46. The van der Waals surface area contributed by atoms with Crippen LogP contribution in [0.4, 0.5) is 15.6 Å². The summed E-state index contributed by atoms with van der Waals surface area (Å²) in [6, 6.07) is 12.1. The molecule has 0 radical (unpaired) electrons. The van der Waals surface area contributed by atoms with Gasteiger partial charge in [0.15, 0.2) is 5.13 Å². The Hall–Kier alpha value is -2.80. The van der Waals surface area contributed by atoms with Gasteiger partial charge in [0.05, 0.1) is 11.8 Å². The van der Waals surface area contributed by atoms with Gasteiger partial charge in [0.2, 0.25) is 0 Å². The van der Waals surface area contributed by atoms with E-state index in [9.17, 15) is 4.79 Å². The average molecular weight is 439 g/mol. The highest BCUT2D eigenvalue weighted by molar-refractivity contribution is 7.22. The van der Waals surface area contributed by atoms with E-state index in [4.69, 9.17) is 9.72 Å². The number of benzene rings is 2. The number of hydrogen-bond donors (Lipinski definition) is 1. The van der Waals surface area contributed by atoms with Crippen LogP contribution in [0, 0.1) is 6.92 Å². The van der Waals surface area contributed by atoms with E-state index in [0.717, 1.165) is 39.9 Å². The number of aromatic nitrogens is 1. The van der Waals surface area contributed by atoms with E-state index in [0.29, 0.717) is 13.1 Å². The summed E-state index contributed by atoms with van der Waals surface area (Å²) in [7, 11) is 1.68. The normalized spacial score (nSPS) is 14.7. The predicted molar refractivity (Wildman–Crippen MR) is 129 cm³/mol. The number of piperazine rings is 1. The minimum atomic E-state index is -0.0510. The van der Waals surface area contributed by atoms with E-state index in [1.54, 1.807) is 18.4 Å². The molecule has 164 valence electrons. The first-order valence-electron chi connectivity index (χ1n) is 10.6. The molecule has 1 fully saturated rings. The van der Waals surface area contributed by atoms with Gasteiger partial charge in [-0.1, -0.05) is 50.3 Å². The molecule has 1 aliphatic rings. The van der Waals surface area contributed by atoms with E-state index in [-0.39, 0.29) is 11.4 Å². The molecule has 7 heteroatoms. The second-order valence-electron chi connectivity index (χ2n) is 8.99. The summed E-state index contributed by atoms with van der Waals surface area (Å²) in [4.78, 5) is 21.7. The van der Waals surface area contributed by atoms with Gasteiger partial charge in [0.1, 0.15) is 11.3 Å². The van der Waals surface area contributed by atoms with E-state index >= 15 is 0 Å². The number of ether oxygens (including phenoxy) is 1. The molecule has 6 nitrogen and oxygen atoms in total. The lowest BCUT2D eigenvalue weighted by molar-refractivity contribution is 0.208. The molecule has 0 aliphatic carbocycles. The third-order valence-corrected chi connectivity index (χ3v) is 7.00. The van der Waals surface area contributed by atoms with Gasteiger partial charge in [0.25, 0.3) is 0 Å². The van der Waals surface area contributed by atoms with Crippen molar-refractivity contribution in [2.24, 2.45) is 0 Å². The fourth-order valence-electron chi connectivity index (χ4n) is 3.76. The second kappa shape index (κ2) is 8.38. The minimum absolute atomic E-state index is 0.0510. The van der Waals surface area contributed by atoms with Crippen LogP contribution in [0.3, 0.4) is 0 Å². The van der Waals surface area contributed by atoms with Crippen molar-refractivity contribution in [3.63, 3.8) is 0 Å².